The second kappa shape index (κ2) is 13.3. The van der Waals surface area contributed by atoms with Crippen LogP contribution in [0.1, 0.15) is 70.4 Å². The quantitative estimate of drug-likeness (QED) is 0.346. The summed E-state index contributed by atoms with van der Waals surface area (Å²) in [6.45, 7) is 11.9. The second-order valence-corrected chi connectivity index (χ2v) is 14.6. The van der Waals surface area contributed by atoms with Gasteiger partial charge in [0.25, 0.3) is 0 Å². The summed E-state index contributed by atoms with van der Waals surface area (Å²) in [5, 5.41) is 6.48. The molecular weight excluding hydrogens is 620 g/mol. The van der Waals surface area contributed by atoms with Crippen molar-refractivity contribution in [3.63, 3.8) is 0 Å². The number of rotatable bonds is 6. The van der Waals surface area contributed by atoms with Crippen LogP contribution >= 0.6 is 11.6 Å². The lowest BCUT2D eigenvalue weighted by Gasteiger charge is -2.38. The predicted octanol–water partition coefficient (Wildman–Crippen LogP) is 5.27. The van der Waals surface area contributed by atoms with Gasteiger partial charge >= 0.3 is 12.1 Å². The zero-order valence-corrected chi connectivity index (χ0v) is 28.8. The van der Waals surface area contributed by atoms with Crippen LogP contribution in [-0.4, -0.2) is 107 Å². The normalized spacial score (nSPS) is 22.5. The van der Waals surface area contributed by atoms with E-state index in [2.05, 4.69) is 21.7 Å². The number of aromatic nitrogens is 4. The maximum Gasteiger partial charge on any atom is 0.410 e. The molecule has 0 saturated carbocycles. The molecule has 0 N–H and O–H groups in total. The second-order valence-electron chi connectivity index (χ2n) is 14.2. The molecule has 3 saturated heterocycles. The minimum atomic E-state index is -0.527. The van der Waals surface area contributed by atoms with Crippen molar-refractivity contribution in [2.24, 2.45) is 0 Å². The van der Waals surface area contributed by atoms with Crippen molar-refractivity contribution in [3.8, 4) is 6.01 Å². The van der Waals surface area contributed by atoms with Gasteiger partial charge in [0.15, 0.2) is 6.23 Å². The Morgan fingerprint density at radius 2 is 1.85 bits per heavy atom. The molecule has 4 aliphatic heterocycles. The summed E-state index contributed by atoms with van der Waals surface area (Å²) in [5.74, 6) is 0.903. The standard InChI is InChI=1S/C34H47ClN8O4/c1-34(2,3)47-33(44)41-17-15-40(16-18-41)31-24-12-14-42(21-27(24)37-32(38-31)46-22-23-8-7-13-39(23)4)30-25-20-36-43(28(25)11-10-26(30)35)29-9-5-6-19-45-29/h10-11,20,23,29H,5-9,12-19,21-22H2,1-4H3/t23-,29?/m0/s1. The summed E-state index contributed by atoms with van der Waals surface area (Å²) < 4.78 is 20.0. The van der Waals surface area contributed by atoms with Gasteiger partial charge in [0.05, 0.1) is 34.7 Å². The van der Waals surface area contributed by atoms with Gasteiger partial charge in [-0.1, -0.05) is 11.6 Å². The number of hydrogen-bond acceptors (Lipinski definition) is 10. The zero-order chi connectivity index (χ0) is 32.7. The number of piperazine rings is 1. The number of halogens is 1. The van der Waals surface area contributed by atoms with E-state index in [-0.39, 0.29) is 12.3 Å². The van der Waals surface area contributed by atoms with Crippen molar-refractivity contribution in [1.29, 1.82) is 0 Å². The largest absolute Gasteiger partial charge is 0.462 e. The number of fused-ring (bicyclic) bond motifs is 2. The van der Waals surface area contributed by atoms with E-state index in [4.69, 9.17) is 40.9 Å². The van der Waals surface area contributed by atoms with Gasteiger partial charge in [-0.25, -0.2) is 9.48 Å². The van der Waals surface area contributed by atoms with Gasteiger partial charge in [0, 0.05) is 56.3 Å². The van der Waals surface area contributed by atoms with E-state index in [0.29, 0.717) is 56.4 Å². The van der Waals surface area contributed by atoms with E-state index >= 15 is 0 Å². The monoisotopic (exact) mass is 666 g/mol. The molecule has 6 heterocycles. The third-order valence-electron chi connectivity index (χ3n) is 9.78. The van der Waals surface area contributed by atoms with Crippen LogP contribution in [0, 0.1) is 0 Å². The predicted molar refractivity (Wildman–Crippen MR) is 182 cm³/mol. The molecule has 47 heavy (non-hydrogen) atoms. The van der Waals surface area contributed by atoms with Gasteiger partial charge in [-0.2, -0.15) is 15.1 Å². The molecule has 2 aromatic heterocycles. The average molecular weight is 667 g/mol. The molecule has 13 heteroatoms. The molecule has 1 aromatic carbocycles. The van der Waals surface area contributed by atoms with Crippen LogP contribution in [0.15, 0.2) is 18.3 Å². The maximum atomic E-state index is 12.8. The number of likely N-dealkylation sites (tertiary alicyclic amines) is 1. The average Bonchev–Trinajstić information content (AvgIpc) is 3.68. The third kappa shape index (κ3) is 6.82. The summed E-state index contributed by atoms with van der Waals surface area (Å²) in [5.41, 5.74) is 3.55. The number of nitrogens with zero attached hydrogens (tertiary/aromatic N) is 8. The van der Waals surface area contributed by atoms with Gasteiger partial charge in [0.1, 0.15) is 18.0 Å². The number of carbonyl (C=O) groups is 1. The SMILES string of the molecule is CN1CCC[C@H]1COc1nc2c(c(N3CCN(C(=O)OC(C)(C)C)CC3)n1)CCN(c1c(Cl)ccc3c1cnn3C1CCCCO1)C2. The third-order valence-corrected chi connectivity index (χ3v) is 10.1. The van der Waals surface area contributed by atoms with Crippen molar-refractivity contribution in [2.45, 2.75) is 83.7 Å². The molecular formula is C34H47ClN8O4. The van der Waals surface area contributed by atoms with E-state index in [9.17, 15) is 4.79 Å². The lowest BCUT2D eigenvalue weighted by Crippen LogP contribution is -2.50. The Kier molecular flexibility index (Phi) is 9.10. The van der Waals surface area contributed by atoms with Gasteiger partial charge in [0.2, 0.25) is 0 Å². The van der Waals surface area contributed by atoms with Crippen LogP contribution in [0.25, 0.3) is 10.9 Å². The highest BCUT2D eigenvalue weighted by atomic mass is 35.5. The summed E-state index contributed by atoms with van der Waals surface area (Å²) in [7, 11) is 2.15. The Bertz CT molecular complexity index is 1590. The van der Waals surface area contributed by atoms with Gasteiger partial charge in [-0.15, -0.1) is 0 Å². The van der Waals surface area contributed by atoms with Crippen LogP contribution in [0.2, 0.25) is 5.02 Å². The molecule has 12 nitrogen and oxygen atoms in total. The molecule has 1 unspecified atom stereocenters. The first-order valence-corrected chi connectivity index (χ1v) is 17.5. The zero-order valence-electron chi connectivity index (χ0n) is 28.1. The fourth-order valence-electron chi connectivity index (χ4n) is 7.24. The summed E-state index contributed by atoms with van der Waals surface area (Å²) in [6.07, 6.45) is 7.82. The van der Waals surface area contributed by atoms with E-state index < -0.39 is 5.60 Å². The van der Waals surface area contributed by atoms with Crippen molar-refractivity contribution < 1.29 is 19.0 Å². The highest BCUT2D eigenvalue weighted by Gasteiger charge is 2.32. The minimum absolute atomic E-state index is 0.0536. The van der Waals surface area contributed by atoms with Crippen molar-refractivity contribution in [3.05, 3.63) is 34.6 Å². The lowest BCUT2D eigenvalue weighted by molar-refractivity contribution is -0.0366. The first kappa shape index (κ1) is 32.2. The fraction of sp³-hybridized carbons (Fsp3) is 0.647. The molecule has 254 valence electrons. The topological polar surface area (TPSA) is 101 Å². The number of likely N-dealkylation sites (N-methyl/N-ethyl adjacent to an activating group) is 1. The first-order chi connectivity index (χ1) is 22.6. The van der Waals surface area contributed by atoms with Crippen molar-refractivity contribution >= 4 is 40.1 Å². The molecule has 4 aliphatic rings. The molecule has 1 amide bonds. The van der Waals surface area contributed by atoms with E-state index in [1.54, 1.807) is 4.90 Å². The molecule has 0 bridgehead atoms. The highest BCUT2D eigenvalue weighted by molar-refractivity contribution is 6.35. The molecule has 3 aromatic rings. The van der Waals surface area contributed by atoms with E-state index in [0.717, 1.165) is 85.5 Å². The number of ether oxygens (including phenoxy) is 3. The van der Waals surface area contributed by atoms with Gasteiger partial charge in [-0.05, 0) is 85.0 Å². The highest BCUT2D eigenvalue weighted by Crippen LogP contribution is 2.40. The van der Waals surface area contributed by atoms with Crippen LogP contribution < -0.4 is 14.5 Å². The van der Waals surface area contributed by atoms with E-state index in [1.807, 2.05) is 43.8 Å². The number of anilines is 2. The molecule has 0 spiro atoms. The fourth-order valence-corrected chi connectivity index (χ4v) is 7.53. The first-order valence-electron chi connectivity index (χ1n) is 17.1. The van der Waals surface area contributed by atoms with Crippen molar-refractivity contribution in [2.75, 3.05) is 69.3 Å². The molecule has 3 fully saturated rings. The summed E-state index contributed by atoms with van der Waals surface area (Å²) >= 11 is 6.94. The number of benzene rings is 1. The van der Waals surface area contributed by atoms with Gasteiger partial charge < -0.3 is 33.8 Å². The minimum Gasteiger partial charge on any atom is -0.462 e. The van der Waals surface area contributed by atoms with Crippen LogP contribution in [0.5, 0.6) is 6.01 Å². The molecule has 7 rings (SSSR count). The van der Waals surface area contributed by atoms with Crippen LogP contribution in [-0.2, 0) is 22.4 Å². The summed E-state index contributed by atoms with van der Waals surface area (Å²) in [6, 6.07) is 4.78. The Morgan fingerprint density at radius 3 is 2.57 bits per heavy atom. The lowest BCUT2D eigenvalue weighted by atomic mass is 10.0. The Balaban J connectivity index is 1.16. The Hall–Kier alpha value is -3.35. The number of hydrogen-bond donors (Lipinski definition) is 0. The Labute approximate surface area is 281 Å². The molecule has 2 atom stereocenters. The van der Waals surface area contributed by atoms with Crippen LogP contribution in [0.4, 0.5) is 16.3 Å². The van der Waals surface area contributed by atoms with E-state index in [1.165, 1.54) is 6.42 Å². The number of amides is 1. The summed E-state index contributed by atoms with van der Waals surface area (Å²) in [4.78, 5) is 31.5. The molecule has 0 radical (unpaired) electrons. The Morgan fingerprint density at radius 1 is 1.02 bits per heavy atom. The smallest absolute Gasteiger partial charge is 0.410 e. The van der Waals surface area contributed by atoms with Crippen LogP contribution in [0.3, 0.4) is 0 Å². The number of carbonyl (C=O) groups excluding carboxylic acids is 1. The van der Waals surface area contributed by atoms with Gasteiger partial charge in [-0.3, -0.25) is 0 Å². The van der Waals surface area contributed by atoms with Crippen molar-refractivity contribution in [1.82, 2.24) is 29.5 Å². The molecule has 0 aliphatic carbocycles. The maximum absolute atomic E-state index is 12.8.